The molecule has 0 aromatic rings. The van der Waals surface area contributed by atoms with E-state index in [-0.39, 0.29) is 63.2 Å². The third kappa shape index (κ3) is 3.58. The summed E-state index contributed by atoms with van der Waals surface area (Å²) in [5.74, 6) is 0.206. The van der Waals surface area contributed by atoms with Gasteiger partial charge in [-0.25, -0.2) is 0 Å². The maximum Gasteiger partial charge on any atom is 1.00 e. The van der Waals surface area contributed by atoms with Gasteiger partial charge in [0, 0.05) is 5.97 Å². The van der Waals surface area contributed by atoms with Gasteiger partial charge in [-0.15, -0.1) is 0 Å². The SMILES string of the molecule is C[C@H]1CC(CN)(CC(=O)[O-])C[C@@H]1C.[K+]. The van der Waals surface area contributed by atoms with Crippen LogP contribution in [0.25, 0.3) is 0 Å². The molecule has 0 radical (unpaired) electrons. The Morgan fingerprint density at radius 2 is 1.86 bits per heavy atom. The van der Waals surface area contributed by atoms with E-state index in [0.717, 1.165) is 12.8 Å². The minimum absolute atomic E-state index is 0. The smallest absolute Gasteiger partial charge is 0.550 e. The summed E-state index contributed by atoms with van der Waals surface area (Å²) in [6, 6.07) is 0. The van der Waals surface area contributed by atoms with Gasteiger partial charge in [-0.3, -0.25) is 0 Å². The Hall–Kier alpha value is 1.07. The molecule has 14 heavy (non-hydrogen) atoms. The van der Waals surface area contributed by atoms with Crippen LogP contribution in [0, 0.1) is 17.3 Å². The van der Waals surface area contributed by atoms with Crippen LogP contribution in [0.5, 0.6) is 0 Å². The van der Waals surface area contributed by atoms with Gasteiger partial charge < -0.3 is 15.6 Å². The Balaban J connectivity index is 0.00000169. The third-order valence-corrected chi connectivity index (χ3v) is 3.43. The van der Waals surface area contributed by atoms with Crippen molar-refractivity contribution in [2.75, 3.05) is 6.54 Å². The van der Waals surface area contributed by atoms with E-state index < -0.39 is 5.97 Å². The average Bonchev–Trinajstić information content (AvgIpc) is 2.27. The zero-order valence-electron chi connectivity index (χ0n) is 9.38. The predicted molar refractivity (Wildman–Crippen MR) is 48.7 cm³/mol. The van der Waals surface area contributed by atoms with E-state index in [0.29, 0.717) is 18.4 Å². The molecule has 0 saturated heterocycles. The van der Waals surface area contributed by atoms with Crippen LogP contribution in [0.4, 0.5) is 0 Å². The monoisotopic (exact) mass is 223 g/mol. The molecule has 1 aliphatic carbocycles. The quantitative estimate of drug-likeness (QED) is 0.524. The number of aliphatic carboxylic acids is 1. The fraction of sp³-hybridized carbons (Fsp3) is 0.900. The first-order valence-corrected chi connectivity index (χ1v) is 4.89. The van der Waals surface area contributed by atoms with Crippen molar-refractivity contribution in [3.63, 3.8) is 0 Å². The number of nitrogens with two attached hydrogens (primary N) is 1. The van der Waals surface area contributed by atoms with Crippen LogP contribution in [0.15, 0.2) is 0 Å². The zero-order chi connectivity index (χ0) is 10.1. The van der Waals surface area contributed by atoms with E-state index >= 15 is 0 Å². The van der Waals surface area contributed by atoms with Gasteiger partial charge in [-0.1, -0.05) is 13.8 Å². The minimum atomic E-state index is -0.966. The van der Waals surface area contributed by atoms with E-state index in [9.17, 15) is 9.90 Å². The van der Waals surface area contributed by atoms with Crippen LogP contribution >= 0.6 is 0 Å². The van der Waals surface area contributed by atoms with Gasteiger partial charge in [-0.05, 0) is 43.1 Å². The molecular formula is C10H18KNO2. The summed E-state index contributed by atoms with van der Waals surface area (Å²) < 4.78 is 0. The molecular weight excluding hydrogens is 205 g/mol. The first-order chi connectivity index (χ1) is 5.99. The molecule has 0 bridgehead atoms. The summed E-state index contributed by atoms with van der Waals surface area (Å²) in [4.78, 5) is 10.6. The van der Waals surface area contributed by atoms with Gasteiger partial charge in [0.25, 0.3) is 0 Å². The Bertz CT molecular complexity index is 198. The summed E-state index contributed by atoms with van der Waals surface area (Å²) in [6.07, 6.45) is 1.98. The van der Waals surface area contributed by atoms with Crippen LogP contribution in [0.3, 0.4) is 0 Å². The molecule has 0 unspecified atom stereocenters. The van der Waals surface area contributed by atoms with Gasteiger partial charge in [-0.2, -0.15) is 0 Å². The van der Waals surface area contributed by atoms with Crippen molar-refractivity contribution in [3.8, 4) is 0 Å². The number of carbonyl (C=O) groups excluding carboxylic acids is 1. The molecule has 0 spiro atoms. The molecule has 1 fully saturated rings. The van der Waals surface area contributed by atoms with Gasteiger partial charge in [0.1, 0.15) is 0 Å². The van der Waals surface area contributed by atoms with Gasteiger partial charge in [0.05, 0.1) is 0 Å². The summed E-state index contributed by atoms with van der Waals surface area (Å²) in [7, 11) is 0. The largest absolute Gasteiger partial charge is 1.00 e. The number of carboxylic acids is 1. The third-order valence-electron chi connectivity index (χ3n) is 3.43. The molecule has 3 nitrogen and oxygen atoms in total. The minimum Gasteiger partial charge on any atom is -0.550 e. The fourth-order valence-electron chi connectivity index (χ4n) is 2.54. The first kappa shape index (κ1) is 15.1. The van der Waals surface area contributed by atoms with E-state index in [2.05, 4.69) is 13.8 Å². The molecule has 4 heteroatoms. The number of carbonyl (C=O) groups is 1. The molecule has 1 aliphatic rings. The molecule has 0 heterocycles. The first-order valence-electron chi connectivity index (χ1n) is 4.89. The van der Waals surface area contributed by atoms with Gasteiger partial charge in [0.2, 0.25) is 0 Å². The van der Waals surface area contributed by atoms with Crippen molar-refractivity contribution in [3.05, 3.63) is 0 Å². The number of hydrogen-bond donors (Lipinski definition) is 1. The van der Waals surface area contributed by atoms with Crippen molar-refractivity contribution in [2.24, 2.45) is 23.0 Å². The van der Waals surface area contributed by atoms with Crippen LogP contribution in [0.2, 0.25) is 0 Å². The van der Waals surface area contributed by atoms with E-state index in [1.165, 1.54) is 0 Å². The molecule has 0 aromatic heterocycles. The van der Waals surface area contributed by atoms with Crippen molar-refractivity contribution >= 4 is 5.97 Å². The second-order valence-electron chi connectivity index (χ2n) is 4.62. The second-order valence-corrected chi connectivity index (χ2v) is 4.62. The molecule has 2 atom stereocenters. The van der Waals surface area contributed by atoms with Crippen LogP contribution in [-0.2, 0) is 4.79 Å². The Kier molecular flexibility index (Phi) is 6.42. The Labute approximate surface area is 128 Å². The van der Waals surface area contributed by atoms with Crippen molar-refractivity contribution in [2.45, 2.75) is 33.1 Å². The van der Waals surface area contributed by atoms with Gasteiger partial charge in [0.15, 0.2) is 0 Å². The molecule has 1 rings (SSSR count). The standard InChI is InChI=1S/C10H19NO2.K/c1-7-3-10(6-11,4-8(7)2)5-9(12)13;/h7-8H,3-6,11H2,1-2H3,(H,12,13);/q;+1/p-1/t7-,8-;/m0./s1. The Morgan fingerprint density at radius 1 is 1.43 bits per heavy atom. The maximum absolute atomic E-state index is 10.6. The molecule has 1 saturated carbocycles. The predicted octanol–water partition coefficient (Wildman–Crippen LogP) is -2.86. The summed E-state index contributed by atoms with van der Waals surface area (Å²) in [5.41, 5.74) is 5.47. The average molecular weight is 223 g/mol. The molecule has 2 N–H and O–H groups in total. The number of rotatable bonds is 3. The molecule has 0 aromatic carbocycles. The summed E-state index contributed by atoms with van der Waals surface area (Å²) >= 11 is 0. The molecule has 0 amide bonds. The molecule has 0 aliphatic heterocycles. The van der Waals surface area contributed by atoms with Gasteiger partial charge >= 0.3 is 51.4 Å². The second kappa shape index (κ2) is 5.96. The van der Waals surface area contributed by atoms with Crippen molar-refractivity contribution in [1.29, 1.82) is 0 Å². The number of carboxylic acid groups (broad SMARTS) is 1. The maximum atomic E-state index is 10.6. The van der Waals surface area contributed by atoms with Crippen LogP contribution in [0.1, 0.15) is 33.1 Å². The van der Waals surface area contributed by atoms with Crippen LogP contribution < -0.4 is 62.2 Å². The van der Waals surface area contributed by atoms with E-state index in [1.807, 2.05) is 0 Å². The van der Waals surface area contributed by atoms with Crippen molar-refractivity contribution in [1.82, 2.24) is 0 Å². The topological polar surface area (TPSA) is 66.2 Å². The zero-order valence-corrected chi connectivity index (χ0v) is 12.5. The number of hydrogen-bond acceptors (Lipinski definition) is 3. The molecule has 76 valence electrons. The van der Waals surface area contributed by atoms with Crippen molar-refractivity contribution < 1.29 is 61.3 Å². The normalized spacial score (nSPS) is 29.6. The Morgan fingerprint density at radius 3 is 2.14 bits per heavy atom. The van der Waals surface area contributed by atoms with Crippen LogP contribution in [-0.4, -0.2) is 12.5 Å². The fourth-order valence-corrected chi connectivity index (χ4v) is 2.54. The van der Waals surface area contributed by atoms with E-state index in [4.69, 9.17) is 5.73 Å². The summed E-state index contributed by atoms with van der Waals surface area (Å²) in [6.45, 7) is 4.80. The van der Waals surface area contributed by atoms with E-state index in [1.54, 1.807) is 0 Å². The summed E-state index contributed by atoms with van der Waals surface area (Å²) in [5, 5.41) is 10.6.